The van der Waals surface area contributed by atoms with Crippen LogP contribution in [0.1, 0.15) is 55.2 Å². The first-order chi connectivity index (χ1) is 20.4. The summed E-state index contributed by atoms with van der Waals surface area (Å²) in [4.78, 5) is 4.56. The molecule has 3 heterocycles. The lowest BCUT2D eigenvalue weighted by atomic mass is 9.79. The molecular weight excluding hydrogens is 595 g/mol. The highest BCUT2D eigenvalue weighted by Crippen LogP contribution is 2.61. The van der Waals surface area contributed by atoms with E-state index in [1.807, 2.05) is 13.0 Å². The Bertz CT molecular complexity index is 1410. The van der Waals surface area contributed by atoms with Gasteiger partial charge in [-0.2, -0.15) is 0 Å². The fraction of sp³-hybridized carbons (Fsp3) is 0.552. The molecule has 2 fully saturated rings. The fourth-order valence-electron chi connectivity index (χ4n) is 6.38. The molecule has 1 aliphatic heterocycles. The van der Waals surface area contributed by atoms with Gasteiger partial charge in [-0.15, -0.1) is 5.10 Å². The second kappa shape index (κ2) is 12.4. The molecule has 0 radical (unpaired) electrons. The molecule has 1 aliphatic carbocycles. The van der Waals surface area contributed by atoms with Crippen LogP contribution < -0.4 is 0 Å². The highest BCUT2D eigenvalue weighted by atomic mass is 32.2. The van der Waals surface area contributed by atoms with Crippen molar-refractivity contribution in [2.24, 2.45) is 0 Å². The maximum Gasteiger partial charge on any atom is 0.248 e. The Morgan fingerprint density at radius 3 is 2.42 bits per heavy atom. The topological polar surface area (TPSA) is 114 Å². The van der Waals surface area contributed by atoms with E-state index < -0.39 is 88.1 Å². The molecule has 2 aliphatic rings. The molecule has 0 bridgehead atoms. The number of hydrogen-bond donors (Lipinski definition) is 4. The molecule has 3 N–H and O–H groups in total. The van der Waals surface area contributed by atoms with Crippen molar-refractivity contribution in [3.8, 4) is 11.3 Å². The van der Waals surface area contributed by atoms with Gasteiger partial charge in [0.1, 0.15) is 11.7 Å². The van der Waals surface area contributed by atoms with Crippen molar-refractivity contribution in [3.63, 3.8) is 0 Å². The maximum atomic E-state index is 14.2. The van der Waals surface area contributed by atoms with Gasteiger partial charge in [0, 0.05) is 42.2 Å². The lowest BCUT2D eigenvalue weighted by Crippen LogP contribution is -2.54. The number of ether oxygens (including phenoxy) is 1. The summed E-state index contributed by atoms with van der Waals surface area (Å²) in [6.07, 6.45) is -0.424. The summed E-state index contributed by atoms with van der Waals surface area (Å²) in [5.74, 6) is -7.05. The maximum absolute atomic E-state index is 14.2. The summed E-state index contributed by atoms with van der Waals surface area (Å²) in [6.45, 7) is 3.34. The number of rotatable bonds is 8. The van der Waals surface area contributed by atoms with E-state index in [-0.39, 0.29) is 36.5 Å². The number of hydrogen-bond acceptors (Lipinski definition) is 7. The van der Waals surface area contributed by atoms with Crippen LogP contribution in [-0.4, -0.2) is 83.2 Å². The van der Waals surface area contributed by atoms with Gasteiger partial charge in [-0.05, 0) is 50.5 Å². The second-order valence-corrected chi connectivity index (χ2v) is 13.9. The summed E-state index contributed by atoms with van der Waals surface area (Å²) < 4.78 is 77.2. The molecule has 1 saturated carbocycles. The van der Waals surface area contributed by atoms with Crippen molar-refractivity contribution in [2.75, 3.05) is 19.0 Å². The predicted molar refractivity (Wildman–Crippen MR) is 151 cm³/mol. The van der Waals surface area contributed by atoms with Crippen molar-refractivity contribution >= 4 is 10.9 Å². The summed E-state index contributed by atoms with van der Waals surface area (Å²) in [5.41, 5.74) is -0.317. The van der Waals surface area contributed by atoms with Crippen molar-refractivity contribution in [1.82, 2.24) is 20.0 Å². The van der Waals surface area contributed by atoms with Gasteiger partial charge in [-0.25, -0.2) is 37.5 Å². The largest absolute Gasteiger partial charge is 0.395 e. The van der Waals surface area contributed by atoms with Crippen LogP contribution in [0.3, 0.4) is 0 Å². The number of thiol groups is 1. The van der Waals surface area contributed by atoms with Gasteiger partial charge in [-0.3, -0.25) is 4.98 Å². The third-order valence-electron chi connectivity index (χ3n) is 8.60. The van der Waals surface area contributed by atoms with Crippen LogP contribution in [0.2, 0.25) is 0 Å². The fourth-order valence-corrected chi connectivity index (χ4v) is 10.2. The molecule has 0 amide bonds. The number of aryl methyl sites for hydroxylation is 1. The van der Waals surface area contributed by atoms with Crippen LogP contribution in [0.15, 0.2) is 36.7 Å². The highest BCUT2D eigenvalue weighted by molar-refractivity contribution is 8.18. The van der Waals surface area contributed by atoms with E-state index in [0.29, 0.717) is 5.69 Å². The average molecular weight is 631 g/mol. The lowest BCUT2D eigenvalue weighted by molar-refractivity contribution is -0.105. The Kier molecular flexibility index (Phi) is 9.15. The molecule has 14 heteroatoms. The third kappa shape index (κ3) is 6.17. The molecule has 1 unspecified atom stereocenters. The zero-order valence-electron chi connectivity index (χ0n) is 23.7. The van der Waals surface area contributed by atoms with E-state index in [0.717, 1.165) is 17.7 Å². The Morgan fingerprint density at radius 2 is 1.81 bits per heavy atom. The van der Waals surface area contributed by atoms with Crippen LogP contribution in [-0.2, 0) is 4.74 Å². The molecule has 0 spiro atoms. The van der Waals surface area contributed by atoms with Crippen LogP contribution in [0.5, 0.6) is 0 Å². The quantitative estimate of drug-likeness (QED) is 0.166. The lowest BCUT2D eigenvalue weighted by Gasteiger charge is -2.53. The SMILES string of the molecule is CCO[C@H]1C[SH]([C@H](c2ncccc2C)C2(O)CCC(F)(F)CC2)[C@H](CO)[C@H](O)[C@@H]1n1cc(-c2cc(F)c(F)c(F)c2)nn1. The molecule has 5 rings (SSSR count). The molecule has 8 nitrogen and oxygen atoms in total. The van der Waals surface area contributed by atoms with Crippen LogP contribution in [0, 0.1) is 24.4 Å². The molecular formula is C29H35F5N4O4S. The first-order valence-corrected chi connectivity index (χ1v) is 15.8. The van der Waals surface area contributed by atoms with Crippen LogP contribution >= 0.6 is 10.9 Å². The normalized spacial score (nSPS) is 28.5. The molecule has 1 aromatic carbocycles. The first-order valence-electron chi connectivity index (χ1n) is 14.1. The number of benzene rings is 1. The van der Waals surface area contributed by atoms with Gasteiger partial charge in [0.2, 0.25) is 5.92 Å². The van der Waals surface area contributed by atoms with Gasteiger partial charge in [0.15, 0.2) is 17.5 Å². The second-order valence-electron chi connectivity index (χ2n) is 11.3. The van der Waals surface area contributed by atoms with Crippen molar-refractivity contribution < 1.29 is 42.0 Å². The Labute approximate surface area is 248 Å². The number of aliphatic hydroxyl groups is 3. The minimum atomic E-state index is -2.90. The summed E-state index contributed by atoms with van der Waals surface area (Å²) in [5, 5.41) is 40.9. The number of halogens is 5. The first kappa shape index (κ1) is 31.8. The van der Waals surface area contributed by atoms with Crippen molar-refractivity contribution in [1.29, 1.82) is 0 Å². The molecule has 3 aromatic rings. The highest BCUT2D eigenvalue weighted by Gasteiger charge is 2.54. The molecule has 43 heavy (non-hydrogen) atoms. The van der Waals surface area contributed by atoms with Crippen molar-refractivity contribution in [2.45, 2.75) is 79.8 Å². The van der Waals surface area contributed by atoms with Gasteiger partial charge in [-0.1, -0.05) is 11.3 Å². The molecule has 1 saturated heterocycles. The summed E-state index contributed by atoms with van der Waals surface area (Å²) in [7, 11) is -1.53. The van der Waals surface area contributed by atoms with Gasteiger partial charge < -0.3 is 20.1 Å². The van der Waals surface area contributed by atoms with E-state index in [4.69, 9.17) is 4.74 Å². The zero-order chi connectivity index (χ0) is 31.1. The Morgan fingerprint density at radius 1 is 1.14 bits per heavy atom. The van der Waals surface area contributed by atoms with Gasteiger partial charge in [0.25, 0.3) is 0 Å². The third-order valence-corrected chi connectivity index (χ3v) is 12.1. The van der Waals surface area contributed by atoms with E-state index in [9.17, 15) is 37.3 Å². The smallest absolute Gasteiger partial charge is 0.248 e. The number of pyridine rings is 1. The zero-order valence-corrected chi connectivity index (χ0v) is 24.6. The standard InChI is InChI=1S/C29H35F5N4O4S/c1-3-42-21-15-43(27(24-16(2)5-4-10-35-24)28(41)6-8-29(33,34)9-7-28)22(14-39)26(40)25(21)38-13-20(36-37-38)17-11-18(30)23(32)19(31)12-17/h4-5,10-13,21-22,25-27,39-41,43H,3,6-9,14-15H2,1-2H3/t21-,22+,25+,26-,27+/m0/s1. The van der Waals surface area contributed by atoms with E-state index in [1.54, 1.807) is 19.2 Å². The Hall–Kier alpha value is -2.65. The molecule has 6 atom stereocenters. The van der Waals surface area contributed by atoms with E-state index >= 15 is 0 Å². The Balaban J connectivity index is 1.54. The minimum absolute atomic E-state index is 0.0214. The summed E-state index contributed by atoms with van der Waals surface area (Å²) in [6, 6.07) is 4.23. The molecule has 2 aromatic heterocycles. The monoisotopic (exact) mass is 630 g/mol. The minimum Gasteiger partial charge on any atom is -0.395 e. The van der Waals surface area contributed by atoms with Gasteiger partial charge >= 0.3 is 0 Å². The van der Waals surface area contributed by atoms with Crippen LogP contribution in [0.25, 0.3) is 11.3 Å². The van der Waals surface area contributed by atoms with Gasteiger partial charge in [0.05, 0.1) is 41.6 Å². The predicted octanol–water partition coefficient (Wildman–Crippen LogP) is 4.43. The number of alkyl halides is 2. The van der Waals surface area contributed by atoms with Crippen LogP contribution in [0.4, 0.5) is 22.0 Å². The van der Waals surface area contributed by atoms with E-state index in [2.05, 4.69) is 15.3 Å². The molecule has 236 valence electrons. The number of aromatic nitrogens is 4. The summed E-state index contributed by atoms with van der Waals surface area (Å²) >= 11 is 0. The van der Waals surface area contributed by atoms with Crippen molar-refractivity contribution in [3.05, 3.63) is 65.4 Å². The number of nitrogens with zero attached hydrogens (tertiary/aromatic N) is 4. The average Bonchev–Trinajstić information content (AvgIpc) is 3.45. The number of aliphatic hydroxyl groups excluding tert-OH is 2. The van der Waals surface area contributed by atoms with E-state index in [1.165, 1.54) is 10.9 Å².